The first-order chi connectivity index (χ1) is 52.8. The van der Waals surface area contributed by atoms with Crippen LogP contribution in [0.15, 0.2) is 108 Å². The topological polar surface area (TPSA) is 492 Å². The minimum Gasteiger partial charge on any atom is -0.508 e. The van der Waals surface area contributed by atoms with Crippen molar-refractivity contribution >= 4 is 74.6 Å². The van der Waals surface area contributed by atoms with Crippen molar-refractivity contribution in [2.75, 3.05) is 19.8 Å². The molecule has 17 unspecified atom stereocenters. The number of hydrogen-bond acceptors (Lipinski definition) is 24. The third kappa shape index (κ3) is 16.7. The molecule has 16 rings (SSSR count). The molecule has 0 radical (unpaired) electrons. The summed E-state index contributed by atoms with van der Waals surface area (Å²) in [6.45, 7) is 4.19. The van der Waals surface area contributed by atoms with Crippen LogP contribution in [0, 0.1) is 29.6 Å². The number of carbonyl (C=O) groups excluding carboxylic acids is 7. The zero-order valence-corrected chi connectivity index (χ0v) is 62.5. The fourth-order valence-corrected chi connectivity index (χ4v) is 17.6. The van der Waals surface area contributed by atoms with Gasteiger partial charge in [-0.3, -0.25) is 38.9 Å². The lowest BCUT2D eigenvalue weighted by Crippen LogP contribution is -2.60. The number of ether oxygens (including phenoxy) is 5. The van der Waals surface area contributed by atoms with E-state index in [0.717, 1.165) is 49.9 Å². The number of fused-ring (bicyclic) bond motifs is 16. The van der Waals surface area contributed by atoms with Crippen molar-refractivity contribution < 1.29 is 112 Å². The normalized spacial score (nSPS) is 28.0. The first kappa shape index (κ1) is 79.8. The van der Waals surface area contributed by atoms with E-state index < -0.39 is 184 Å². The predicted octanol–water partition coefficient (Wildman–Crippen LogP) is 3.88. The van der Waals surface area contributed by atoms with Gasteiger partial charge in [0.1, 0.15) is 77.7 Å². The molecular formula is C77H86Cl2N8O23S. The SMILES string of the molecule is CCCOc1ccc(S(=O)(=O)NC(=O)CC2NC(=O)C(NC(=O)CCC(C)C)C(O)c3ccc(c(Cl)c3)Oc3cc4cc(c3OC3OC(CO)C(O)C(O)C3O)Oc3ccc(cc3Cl)C(O)CC(=O)NC(C(=O)NC3C5CC6CC(C5)C3C6)c3cc(O)cc5c3-c3cc(ccc3C5(O)O)C(C(N)=O)NCC4NC2=O)cc1. The van der Waals surface area contributed by atoms with E-state index in [2.05, 4.69) is 31.9 Å². The van der Waals surface area contributed by atoms with Crippen molar-refractivity contribution in [3.8, 4) is 51.4 Å². The molecule has 7 amide bonds. The first-order valence-electron chi connectivity index (χ1n) is 36.5. The summed E-state index contributed by atoms with van der Waals surface area (Å²) in [5.41, 5.74) is 5.14. The lowest BCUT2D eigenvalue weighted by atomic mass is 9.79. The number of aliphatic hydroxyl groups is 8. The molecule has 1 saturated heterocycles. The van der Waals surface area contributed by atoms with E-state index in [1.54, 1.807) is 0 Å². The highest BCUT2D eigenvalue weighted by atomic mass is 35.5. The largest absolute Gasteiger partial charge is 0.508 e. The second-order valence-electron chi connectivity index (χ2n) is 29.8. The molecule has 17 atom stereocenters. The maximum atomic E-state index is 15.8. The summed E-state index contributed by atoms with van der Waals surface area (Å²) < 4.78 is 61.1. The number of rotatable bonds is 17. The average Bonchev–Trinajstić information content (AvgIpc) is 1.57. The van der Waals surface area contributed by atoms with Crippen molar-refractivity contribution in [2.24, 2.45) is 35.3 Å². The second kappa shape index (κ2) is 32.4. The molecule has 4 saturated carbocycles. The number of nitrogens with two attached hydrogens (primary N) is 1. The van der Waals surface area contributed by atoms with Crippen LogP contribution in [0.5, 0.6) is 40.2 Å². The Morgan fingerprint density at radius 1 is 0.721 bits per heavy atom. The van der Waals surface area contributed by atoms with Crippen LogP contribution in [0.4, 0.5) is 0 Å². The van der Waals surface area contributed by atoms with Gasteiger partial charge in [0, 0.05) is 30.1 Å². The molecule has 18 N–H and O–H groups in total. The number of aromatic hydroxyl groups is 1. The second-order valence-corrected chi connectivity index (χ2v) is 32.3. The van der Waals surface area contributed by atoms with Crippen LogP contribution in [0.2, 0.25) is 10.0 Å². The van der Waals surface area contributed by atoms with Crippen LogP contribution in [0.3, 0.4) is 0 Å². The molecule has 0 aromatic heterocycles. The van der Waals surface area contributed by atoms with Crippen LogP contribution >= 0.6 is 23.2 Å². The van der Waals surface area contributed by atoms with Gasteiger partial charge in [0.15, 0.2) is 11.5 Å². The third-order valence-corrected chi connectivity index (χ3v) is 23.6. The van der Waals surface area contributed by atoms with Gasteiger partial charge in [-0.15, -0.1) is 0 Å². The highest BCUT2D eigenvalue weighted by Crippen LogP contribution is 2.59. The molecular weight excluding hydrogens is 1510 g/mol. The summed E-state index contributed by atoms with van der Waals surface area (Å²) >= 11 is 14.2. The highest BCUT2D eigenvalue weighted by Gasteiger charge is 2.55. The summed E-state index contributed by atoms with van der Waals surface area (Å²) in [6.07, 6.45) is -11.1. The molecule has 592 valence electrons. The molecule has 34 heteroatoms. The number of aliphatic hydroxyl groups excluding tert-OH is 6. The Bertz CT molecular complexity index is 4740. The van der Waals surface area contributed by atoms with Gasteiger partial charge in [-0.05, 0) is 186 Å². The number of phenolic OH excluding ortho intramolecular Hbond substituents is 1. The highest BCUT2D eigenvalue weighted by molar-refractivity contribution is 7.90. The zero-order valence-electron chi connectivity index (χ0n) is 60.2. The molecule has 5 heterocycles. The predicted molar refractivity (Wildman–Crippen MR) is 393 cm³/mol. The summed E-state index contributed by atoms with van der Waals surface area (Å²) in [4.78, 5) is 103. The fraction of sp³-hybridized carbons (Fsp3) is 0.442. The van der Waals surface area contributed by atoms with E-state index in [0.29, 0.717) is 37.0 Å². The summed E-state index contributed by atoms with van der Waals surface area (Å²) in [5.74, 6) is -11.8. The fourth-order valence-electron chi connectivity index (χ4n) is 16.2. The lowest BCUT2D eigenvalue weighted by molar-refractivity contribution is -0.277. The summed E-state index contributed by atoms with van der Waals surface area (Å²) in [5, 5.41) is 120. The molecule has 31 nitrogen and oxygen atoms in total. The van der Waals surface area contributed by atoms with E-state index in [9.17, 15) is 73.6 Å². The third-order valence-electron chi connectivity index (χ3n) is 21.6. The average molecular weight is 1590 g/mol. The van der Waals surface area contributed by atoms with Crippen LogP contribution in [-0.4, -0.2) is 164 Å². The van der Waals surface area contributed by atoms with Crippen molar-refractivity contribution in [1.82, 2.24) is 36.6 Å². The van der Waals surface area contributed by atoms with E-state index in [4.69, 9.17) is 52.6 Å². The molecule has 10 aliphatic rings. The summed E-state index contributed by atoms with van der Waals surface area (Å²) in [7, 11) is -4.79. The van der Waals surface area contributed by atoms with Gasteiger partial charge in [0.2, 0.25) is 59.2 Å². The Morgan fingerprint density at radius 2 is 1.40 bits per heavy atom. The first-order valence-corrected chi connectivity index (χ1v) is 38.7. The van der Waals surface area contributed by atoms with E-state index >= 15 is 14.4 Å². The van der Waals surface area contributed by atoms with Gasteiger partial charge in [-0.1, -0.05) is 68.2 Å². The molecule has 6 aromatic carbocycles. The van der Waals surface area contributed by atoms with Gasteiger partial charge >= 0.3 is 0 Å². The van der Waals surface area contributed by atoms with Crippen LogP contribution in [0.1, 0.15) is 148 Å². The number of benzene rings is 6. The minimum absolute atomic E-state index is 0.00226. The van der Waals surface area contributed by atoms with Crippen LogP contribution in [-0.2, 0) is 54.1 Å². The van der Waals surface area contributed by atoms with Gasteiger partial charge in [-0.25, -0.2) is 13.1 Å². The monoisotopic (exact) mass is 1590 g/mol. The van der Waals surface area contributed by atoms with Crippen molar-refractivity contribution in [2.45, 2.75) is 168 Å². The quantitative estimate of drug-likeness (QED) is 0.0576. The molecule has 5 aliphatic carbocycles. The number of sulfonamides is 1. The summed E-state index contributed by atoms with van der Waals surface area (Å²) in [6, 6.07) is 11.2. The molecule has 13 bridgehead atoms. The molecule has 5 aliphatic heterocycles. The molecule has 111 heavy (non-hydrogen) atoms. The Morgan fingerprint density at radius 3 is 2.05 bits per heavy atom. The van der Waals surface area contributed by atoms with Crippen molar-refractivity contribution in [3.05, 3.63) is 152 Å². The number of halogens is 2. The smallest absolute Gasteiger partial charge is 0.264 e. The van der Waals surface area contributed by atoms with E-state index in [1.807, 2.05) is 25.5 Å². The maximum Gasteiger partial charge on any atom is 0.264 e. The number of amides is 7. The molecule has 5 fully saturated rings. The standard InChI is InChI=1S/C77H86Cl2N8O23S/c1-4-17-106-42-9-11-43(12-10-42)111(104,105)87-61(93)29-51-73(99)83-52-31-81-64(72(80)98)36-6-13-47-45(22-36)62-46(27-41(89)28-48(62)77(47,102)103)65(74(100)86-63-40-19-34-18-38(21-40)44(63)20-34)85-60(92)30-53(90)35-7-14-54(49(78)23-35)107-56-25-39(52)26-57(71(56)110-76-70(97)69(96)68(95)58(32-88)109-76)108-55-15-8-37(24-50(55)79)67(94)66(75(101)82-51)84-59(91)16-5-33(2)3/h6-15,22-28,33-34,38,40,44,51-53,58,63-70,76,81,88-90,94-97,102-103H,4-5,16-21,29-32H2,1-3H3,(H2,80,98)(H,82,101)(H,83,99)(H,84,91)(H,85,92)(H,86,100)(H,87,93). The number of hydrogen-bond donors (Lipinski definition) is 17. The van der Waals surface area contributed by atoms with Crippen LogP contribution in [0.25, 0.3) is 11.1 Å². The van der Waals surface area contributed by atoms with E-state index in [-0.39, 0.29) is 102 Å². The number of phenols is 1. The maximum absolute atomic E-state index is 15.8. The van der Waals surface area contributed by atoms with Gasteiger partial charge < -0.3 is 102 Å². The number of carbonyl (C=O) groups is 7. The Balaban J connectivity index is 0.982. The van der Waals surface area contributed by atoms with Gasteiger partial charge in [-0.2, -0.15) is 0 Å². The molecule has 0 spiro atoms. The zero-order chi connectivity index (χ0) is 79.4. The van der Waals surface area contributed by atoms with E-state index in [1.165, 1.54) is 78.9 Å². The van der Waals surface area contributed by atoms with Gasteiger partial charge in [0.25, 0.3) is 10.0 Å². The number of primary amides is 1. The van der Waals surface area contributed by atoms with Crippen LogP contribution < -0.4 is 61.3 Å². The lowest BCUT2D eigenvalue weighted by Gasteiger charge is -2.39. The number of nitrogens with one attached hydrogen (secondary N) is 7. The van der Waals surface area contributed by atoms with Crippen molar-refractivity contribution in [3.63, 3.8) is 0 Å². The Hall–Kier alpha value is -9.26. The minimum atomic E-state index is -4.79. The Kier molecular flexibility index (Phi) is 23.3. The Labute approximate surface area is 646 Å². The molecule has 6 aromatic rings. The van der Waals surface area contributed by atoms with Crippen molar-refractivity contribution in [1.29, 1.82) is 0 Å². The van der Waals surface area contributed by atoms with Gasteiger partial charge in [0.05, 0.1) is 53.1 Å².